The van der Waals surface area contributed by atoms with Crippen LogP contribution in [0.1, 0.15) is 65.5 Å². The lowest BCUT2D eigenvalue weighted by molar-refractivity contribution is 0.234. The molecule has 0 bridgehead atoms. The maximum Gasteiger partial charge on any atom is 0.00720 e. The van der Waals surface area contributed by atoms with Crippen molar-refractivity contribution in [3.05, 3.63) is 59.7 Å². The largest absolute Gasteiger partial charge is 0.126 e. The van der Waals surface area contributed by atoms with Gasteiger partial charge in [-0.15, -0.1) is 23.5 Å². The molecule has 2 aromatic rings. The van der Waals surface area contributed by atoms with Gasteiger partial charge in [0, 0.05) is 20.6 Å². The number of thioether (sulfide) groups is 2. The van der Waals surface area contributed by atoms with Gasteiger partial charge in [-0.25, -0.2) is 0 Å². The van der Waals surface area contributed by atoms with Crippen molar-refractivity contribution >= 4 is 23.5 Å². The van der Waals surface area contributed by atoms with Crippen LogP contribution in [0.2, 0.25) is 0 Å². The van der Waals surface area contributed by atoms with Gasteiger partial charge in [0.25, 0.3) is 0 Å². The van der Waals surface area contributed by atoms with Crippen molar-refractivity contribution in [2.45, 2.75) is 75.0 Å². The van der Waals surface area contributed by atoms with E-state index in [1.165, 1.54) is 20.9 Å². The van der Waals surface area contributed by atoms with Gasteiger partial charge >= 0.3 is 0 Å². The molecule has 0 spiro atoms. The SMILES string of the molecule is CCSc1ccc(C(C)(CC)C(C)(CC)c2ccc(SCC)cc2)cc1. The molecule has 0 aliphatic rings. The normalized spacial score (nSPS) is 16.1. The molecule has 26 heavy (non-hydrogen) atoms. The van der Waals surface area contributed by atoms with E-state index in [2.05, 4.69) is 90.1 Å². The smallest absolute Gasteiger partial charge is 0.00720 e. The van der Waals surface area contributed by atoms with E-state index in [0.717, 1.165) is 24.3 Å². The second kappa shape index (κ2) is 9.37. The van der Waals surface area contributed by atoms with Crippen molar-refractivity contribution in [1.82, 2.24) is 0 Å². The highest BCUT2D eigenvalue weighted by Gasteiger charge is 2.44. The van der Waals surface area contributed by atoms with Crippen LogP contribution in [0.5, 0.6) is 0 Å². The van der Waals surface area contributed by atoms with Crippen LogP contribution >= 0.6 is 23.5 Å². The first-order valence-electron chi connectivity index (χ1n) is 9.91. The molecular weight excluding hydrogens is 352 g/mol. The molecule has 0 aromatic heterocycles. The van der Waals surface area contributed by atoms with Gasteiger partial charge in [-0.05, 0) is 59.7 Å². The molecule has 0 aliphatic heterocycles. The van der Waals surface area contributed by atoms with Gasteiger partial charge in [0.1, 0.15) is 0 Å². The van der Waals surface area contributed by atoms with Crippen molar-refractivity contribution in [2.75, 3.05) is 11.5 Å². The van der Waals surface area contributed by atoms with Gasteiger partial charge in [0.15, 0.2) is 0 Å². The quantitative estimate of drug-likeness (QED) is 0.401. The van der Waals surface area contributed by atoms with Crippen LogP contribution in [-0.2, 0) is 10.8 Å². The fourth-order valence-electron chi connectivity index (χ4n) is 4.00. The Morgan fingerprint density at radius 1 is 0.577 bits per heavy atom. The van der Waals surface area contributed by atoms with Crippen molar-refractivity contribution in [3.63, 3.8) is 0 Å². The molecule has 2 heteroatoms. The second-order valence-electron chi connectivity index (χ2n) is 7.29. The molecule has 0 N–H and O–H groups in total. The predicted molar refractivity (Wildman–Crippen MR) is 121 cm³/mol. The molecule has 0 aliphatic carbocycles. The highest BCUT2D eigenvalue weighted by molar-refractivity contribution is 7.99. The lowest BCUT2D eigenvalue weighted by Gasteiger charge is -2.47. The van der Waals surface area contributed by atoms with E-state index in [1.807, 2.05) is 23.5 Å². The van der Waals surface area contributed by atoms with Crippen LogP contribution in [-0.4, -0.2) is 11.5 Å². The van der Waals surface area contributed by atoms with Crippen molar-refractivity contribution < 1.29 is 0 Å². The fourth-order valence-corrected chi connectivity index (χ4v) is 5.32. The van der Waals surface area contributed by atoms with Gasteiger partial charge in [-0.3, -0.25) is 0 Å². The van der Waals surface area contributed by atoms with E-state index < -0.39 is 0 Å². The Bertz CT molecular complexity index is 613. The molecular formula is C24H34S2. The Morgan fingerprint density at radius 3 is 1.12 bits per heavy atom. The molecule has 2 aromatic carbocycles. The summed E-state index contributed by atoms with van der Waals surface area (Å²) in [4.78, 5) is 2.74. The number of hydrogen-bond acceptors (Lipinski definition) is 2. The fraction of sp³-hybridized carbons (Fsp3) is 0.500. The highest BCUT2D eigenvalue weighted by atomic mass is 32.2. The Hall–Kier alpha value is -0.860. The second-order valence-corrected chi connectivity index (χ2v) is 9.96. The van der Waals surface area contributed by atoms with Gasteiger partial charge in [0.05, 0.1) is 0 Å². The minimum atomic E-state index is 0.108. The maximum atomic E-state index is 2.45. The first-order valence-corrected chi connectivity index (χ1v) is 11.9. The van der Waals surface area contributed by atoms with Gasteiger partial charge < -0.3 is 0 Å². The molecule has 0 amide bonds. The zero-order valence-electron chi connectivity index (χ0n) is 17.3. The molecule has 142 valence electrons. The third kappa shape index (κ3) is 4.17. The predicted octanol–water partition coefficient (Wildman–Crippen LogP) is 7.95. The van der Waals surface area contributed by atoms with Gasteiger partial charge in [0.2, 0.25) is 0 Å². The van der Waals surface area contributed by atoms with Crippen molar-refractivity contribution in [1.29, 1.82) is 0 Å². The monoisotopic (exact) mass is 386 g/mol. The topological polar surface area (TPSA) is 0 Å². The van der Waals surface area contributed by atoms with Crippen LogP contribution in [0.4, 0.5) is 0 Å². The molecule has 0 fully saturated rings. The number of rotatable bonds is 9. The number of hydrogen-bond donors (Lipinski definition) is 0. The lowest BCUT2D eigenvalue weighted by atomic mass is 9.56. The van der Waals surface area contributed by atoms with Crippen molar-refractivity contribution in [2.24, 2.45) is 0 Å². The molecule has 0 saturated carbocycles. The molecule has 2 rings (SSSR count). The van der Waals surface area contributed by atoms with Crippen LogP contribution in [0.25, 0.3) is 0 Å². The van der Waals surface area contributed by atoms with E-state index in [9.17, 15) is 0 Å². The lowest BCUT2D eigenvalue weighted by Crippen LogP contribution is -2.44. The first-order chi connectivity index (χ1) is 12.4. The van der Waals surface area contributed by atoms with E-state index in [-0.39, 0.29) is 10.8 Å². The first kappa shape index (κ1) is 21.4. The summed E-state index contributed by atoms with van der Waals surface area (Å²) < 4.78 is 0. The molecule has 0 saturated heterocycles. The molecule has 2 unspecified atom stereocenters. The van der Waals surface area contributed by atoms with E-state index >= 15 is 0 Å². The van der Waals surface area contributed by atoms with E-state index in [4.69, 9.17) is 0 Å². The summed E-state index contributed by atoms with van der Waals surface area (Å²) in [6.07, 6.45) is 2.26. The third-order valence-corrected chi connectivity index (χ3v) is 8.03. The summed E-state index contributed by atoms with van der Waals surface area (Å²) in [5, 5.41) is 0. The molecule has 0 heterocycles. The van der Waals surface area contributed by atoms with Gasteiger partial charge in [-0.2, -0.15) is 0 Å². The van der Waals surface area contributed by atoms with Crippen LogP contribution in [0.15, 0.2) is 58.3 Å². The van der Waals surface area contributed by atoms with Gasteiger partial charge in [-0.1, -0.05) is 65.8 Å². The average Bonchev–Trinajstić information content (AvgIpc) is 2.68. The summed E-state index contributed by atoms with van der Waals surface area (Å²) in [7, 11) is 0. The standard InChI is InChI=1S/C24H34S2/c1-7-23(5,19-11-15-21(16-12-19)25-9-3)24(6,8-2)20-13-17-22(18-14-20)26-10-4/h11-18H,7-10H2,1-6H3. The Kier molecular flexibility index (Phi) is 7.73. The molecule has 0 nitrogen and oxygen atoms in total. The third-order valence-electron chi connectivity index (χ3n) is 6.24. The molecule has 2 atom stereocenters. The average molecular weight is 387 g/mol. The zero-order valence-corrected chi connectivity index (χ0v) is 18.9. The zero-order chi connectivity index (χ0) is 19.2. The highest BCUT2D eigenvalue weighted by Crippen LogP contribution is 2.49. The Labute approximate surface area is 169 Å². The van der Waals surface area contributed by atoms with E-state index in [0.29, 0.717) is 0 Å². The minimum Gasteiger partial charge on any atom is -0.126 e. The Morgan fingerprint density at radius 2 is 0.885 bits per heavy atom. The van der Waals surface area contributed by atoms with Crippen LogP contribution in [0.3, 0.4) is 0 Å². The molecule has 0 radical (unpaired) electrons. The summed E-state index contributed by atoms with van der Waals surface area (Å²) in [6, 6.07) is 18.6. The summed E-state index contributed by atoms with van der Waals surface area (Å²) in [5.74, 6) is 2.25. The summed E-state index contributed by atoms with van der Waals surface area (Å²) in [6.45, 7) is 14.0. The van der Waals surface area contributed by atoms with Crippen LogP contribution in [0, 0.1) is 0 Å². The summed E-state index contributed by atoms with van der Waals surface area (Å²) in [5.41, 5.74) is 3.13. The number of benzene rings is 2. The minimum absolute atomic E-state index is 0.108. The Balaban J connectivity index is 2.44. The summed E-state index contributed by atoms with van der Waals surface area (Å²) >= 11 is 3.83. The maximum absolute atomic E-state index is 2.45. The van der Waals surface area contributed by atoms with Crippen molar-refractivity contribution in [3.8, 4) is 0 Å². The van der Waals surface area contributed by atoms with E-state index in [1.54, 1.807) is 0 Å². The van der Waals surface area contributed by atoms with Crippen LogP contribution < -0.4 is 0 Å².